The number of hydrogen-bond acceptors (Lipinski definition) is 7. The topological polar surface area (TPSA) is 141 Å². The number of carboxylic acid groups (broad SMARTS) is 2. The van der Waals surface area contributed by atoms with Gasteiger partial charge in [0.15, 0.2) is 0 Å². The molecule has 15 heavy (non-hydrogen) atoms. The molecule has 0 spiro atoms. The Kier molecular flexibility index (Phi) is 25.8. The molecule has 0 radical (unpaired) electrons. The molecule has 0 aromatic carbocycles. The third kappa shape index (κ3) is 21.2. The van der Waals surface area contributed by atoms with Crippen LogP contribution in [0.25, 0.3) is 0 Å². The first-order chi connectivity index (χ1) is 5.82. The van der Waals surface area contributed by atoms with Crippen molar-refractivity contribution in [2.45, 2.75) is 19.1 Å². The van der Waals surface area contributed by atoms with Crippen molar-refractivity contribution < 1.29 is 35.1 Å². The van der Waals surface area contributed by atoms with Gasteiger partial charge in [0, 0.05) is 5.97 Å². The van der Waals surface area contributed by atoms with E-state index < -0.39 is 30.8 Å². The predicted octanol–water partition coefficient (Wildman–Crippen LogP) is -5.55. The van der Waals surface area contributed by atoms with E-state index in [9.17, 15) is 9.90 Å². The van der Waals surface area contributed by atoms with Crippen molar-refractivity contribution in [3.05, 3.63) is 0 Å². The first kappa shape index (κ1) is 25.3. The molecular formula is C6H10Ca2O7+2. The van der Waals surface area contributed by atoms with Gasteiger partial charge in [-0.3, -0.25) is 0 Å². The fourth-order valence-electron chi connectivity index (χ4n) is 0.257. The summed E-state index contributed by atoms with van der Waals surface area (Å²) in [7, 11) is 0. The van der Waals surface area contributed by atoms with Crippen molar-refractivity contribution in [1.82, 2.24) is 0 Å². The van der Waals surface area contributed by atoms with Crippen LogP contribution in [0.2, 0.25) is 0 Å². The normalized spacial score (nSPS) is 11.7. The quantitative estimate of drug-likeness (QED) is 0.436. The maximum Gasteiger partial charge on any atom is 2.00 e. The van der Waals surface area contributed by atoms with Gasteiger partial charge in [-0.15, -0.1) is 0 Å². The van der Waals surface area contributed by atoms with Gasteiger partial charge in [-0.05, 0) is 6.92 Å². The summed E-state index contributed by atoms with van der Waals surface area (Å²) in [5, 5.41) is 43.3. The maximum absolute atomic E-state index is 9.67. The maximum atomic E-state index is 9.67. The van der Waals surface area contributed by atoms with Gasteiger partial charge in [-0.2, -0.15) is 0 Å². The second kappa shape index (κ2) is 15.3. The summed E-state index contributed by atoms with van der Waals surface area (Å²) in [6, 6.07) is 0. The van der Waals surface area contributed by atoms with E-state index >= 15 is 0 Å². The van der Waals surface area contributed by atoms with E-state index in [-0.39, 0.29) is 75.5 Å². The molecule has 0 aliphatic carbocycles. The number of carboxylic acids is 2. The van der Waals surface area contributed by atoms with E-state index in [1.807, 2.05) is 0 Å². The first-order valence-corrected chi connectivity index (χ1v) is 3.18. The van der Waals surface area contributed by atoms with Gasteiger partial charge < -0.3 is 35.1 Å². The number of aliphatic hydroxyl groups excluding tert-OH is 3. The Morgan fingerprint density at radius 1 is 1.20 bits per heavy atom. The van der Waals surface area contributed by atoms with E-state index in [1.54, 1.807) is 0 Å². The molecule has 78 valence electrons. The Morgan fingerprint density at radius 3 is 1.53 bits per heavy atom. The predicted molar refractivity (Wildman–Crippen MR) is 46.3 cm³/mol. The van der Waals surface area contributed by atoms with Gasteiger partial charge >= 0.3 is 75.5 Å². The Bertz CT molecular complexity index is 171. The van der Waals surface area contributed by atoms with Crippen LogP contribution in [0.5, 0.6) is 0 Å². The fraction of sp³-hybridized carbons (Fsp3) is 0.667. The zero-order valence-corrected chi connectivity index (χ0v) is 12.7. The summed E-state index contributed by atoms with van der Waals surface area (Å²) in [6.07, 6.45) is -3.66. The molecular weight excluding hydrogens is 264 g/mol. The standard InChI is InChI=1S/C4H8O5.C2H4O2.2Ca/c5-1-2(6)3(7)4(8)9;1-2(3)4;;/h2-3,5-7H,1H2,(H,8,9);1H3,(H,3,4);;/q;;2*+2/p-2/t2-,3+;;;/m0.../s1. The van der Waals surface area contributed by atoms with Crippen LogP contribution in [0.3, 0.4) is 0 Å². The van der Waals surface area contributed by atoms with Gasteiger partial charge in [0.1, 0.15) is 12.2 Å². The zero-order chi connectivity index (χ0) is 11.0. The smallest absolute Gasteiger partial charge is 0.550 e. The zero-order valence-electron chi connectivity index (χ0n) is 8.25. The summed E-state index contributed by atoms with van der Waals surface area (Å²) in [6.45, 7) is 0.176. The van der Waals surface area contributed by atoms with Gasteiger partial charge in [0.25, 0.3) is 0 Å². The van der Waals surface area contributed by atoms with Gasteiger partial charge in [-0.25, -0.2) is 0 Å². The number of aliphatic carboxylic acids is 2. The minimum Gasteiger partial charge on any atom is -0.550 e. The minimum atomic E-state index is -2.00. The molecule has 0 aliphatic heterocycles. The molecule has 0 saturated carbocycles. The molecule has 0 unspecified atom stereocenters. The van der Waals surface area contributed by atoms with Gasteiger partial charge in [0.2, 0.25) is 0 Å². The average Bonchev–Trinajstić information content (AvgIpc) is 2.00. The largest absolute Gasteiger partial charge is 2.00 e. The van der Waals surface area contributed by atoms with Crippen LogP contribution in [0.4, 0.5) is 0 Å². The molecule has 0 fully saturated rings. The van der Waals surface area contributed by atoms with Crippen LogP contribution in [0.1, 0.15) is 6.92 Å². The van der Waals surface area contributed by atoms with Crippen molar-refractivity contribution in [3.63, 3.8) is 0 Å². The third-order valence-corrected chi connectivity index (χ3v) is 0.793. The Labute approximate surface area is 146 Å². The fourth-order valence-corrected chi connectivity index (χ4v) is 0.257. The molecule has 0 aromatic heterocycles. The van der Waals surface area contributed by atoms with Crippen LogP contribution >= 0.6 is 0 Å². The molecule has 0 saturated heterocycles. The molecule has 0 aliphatic rings. The van der Waals surface area contributed by atoms with Crippen molar-refractivity contribution in [3.8, 4) is 0 Å². The SMILES string of the molecule is CC(=O)[O-].O=C([O-])[C@H](O)[C@@H](O)CO.[Ca+2].[Ca+2]. The summed E-state index contributed by atoms with van der Waals surface area (Å²) in [5.41, 5.74) is 0. The Hall–Kier alpha value is 1.34. The first-order valence-electron chi connectivity index (χ1n) is 3.18. The number of rotatable bonds is 3. The van der Waals surface area contributed by atoms with E-state index in [4.69, 9.17) is 25.2 Å². The monoisotopic (exact) mass is 274 g/mol. The van der Waals surface area contributed by atoms with Crippen molar-refractivity contribution in [2.24, 2.45) is 0 Å². The third-order valence-electron chi connectivity index (χ3n) is 0.793. The second-order valence-corrected chi connectivity index (χ2v) is 2.01. The van der Waals surface area contributed by atoms with E-state index in [0.29, 0.717) is 0 Å². The van der Waals surface area contributed by atoms with E-state index in [0.717, 1.165) is 6.92 Å². The Balaban J connectivity index is -0.0000000883. The van der Waals surface area contributed by atoms with Crippen molar-refractivity contribution >= 4 is 87.4 Å². The van der Waals surface area contributed by atoms with Crippen LogP contribution in [-0.2, 0) is 9.59 Å². The summed E-state index contributed by atoms with van der Waals surface area (Å²) < 4.78 is 0. The van der Waals surface area contributed by atoms with E-state index in [2.05, 4.69) is 0 Å². The summed E-state index contributed by atoms with van der Waals surface area (Å²) in [5.74, 6) is -2.88. The van der Waals surface area contributed by atoms with Crippen LogP contribution < -0.4 is 10.2 Å². The summed E-state index contributed by atoms with van der Waals surface area (Å²) in [4.78, 5) is 18.6. The molecule has 0 heterocycles. The number of aliphatic hydroxyl groups is 3. The van der Waals surface area contributed by atoms with Crippen LogP contribution in [0.15, 0.2) is 0 Å². The average molecular weight is 274 g/mol. The van der Waals surface area contributed by atoms with Gasteiger partial charge in [0.05, 0.1) is 12.6 Å². The summed E-state index contributed by atoms with van der Waals surface area (Å²) >= 11 is 0. The molecule has 0 bridgehead atoms. The molecule has 7 nitrogen and oxygen atoms in total. The molecule has 0 rings (SSSR count). The number of carbonyl (C=O) groups excluding carboxylic acids is 2. The van der Waals surface area contributed by atoms with Crippen molar-refractivity contribution in [1.29, 1.82) is 0 Å². The van der Waals surface area contributed by atoms with Crippen LogP contribution in [-0.4, -0.2) is 122 Å². The minimum absolute atomic E-state index is 0. The number of hydrogen-bond donors (Lipinski definition) is 3. The van der Waals surface area contributed by atoms with E-state index in [1.165, 1.54) is 0 Å². The molecule has 3 N–H and O–H groups in total. The van der Waals surface area contributed by atoms with Crippen molar-refractivity contribution in [2.75, 3.05) is 6.61 Å². The Morgan fingerprint density at radius 2 is 1.47 bits per heavy atom. The molecule has 2 atom stereocenters. The second-order valence-electron chi connectivity index (χ2n) is 2.01. The molecule has 9 heteroatoms. The van der Waals surface area contributed by atoms with Crippen LogP contribution in [0, 0.1) is 0 Å². The molecule has 0 aromatic rings. The number of carbonyl (C=O) groups is 2. The molecule has 0 amide bonds. The van der Waals surface area contributed by atoms with Gasteiger partial charge in [-0.1, -0.05) is 0 Å².